The van der Waals surface area contributed by atoms with Crippen LogP contribution in [0.25, 0.3) is 0 Å². The number of carbonyl (C=O) groups excluding carboxylic acids is 2. The van der Waals surface area contributed by atoms with Crippen LogP contribution in [0.4, 0.5) is 0 Å². The van der Waals surface area contributed by atoms with Gasteiger partial charge in [0.1, 0.15) is 23.2 Å². The number of nitrogens with zero attached hydrogens (tertiary/aromatic N) is 2. The van der Waals surface area contributed by atoms with Crippen LogP contribution in [0.1, 0.15) is 48.5 Å². The van der Waals surface area contributed by atoms with Gasteiger partial charge in [0.2, 0.25) is 0 Å². The zero-order chi connectivity index (χ0) is 15.9. The maximum Gasteiger partial charge on any atom is 0.259 e. The van der Waals surface area contributed by atoms with Gasteiger partial charge in [-0.1, -0.05) is 12.1 Å². The van der Waals surface area contributed by atoms with Gasteiger partial charge in [-0.3, -0.25) is 9.59 Å². The second-order valence-corrected chi connectivity index (χ2v) is 5.96. The van der Waals surface area contributed by atoms with Crippen molar-refractivity contribution in [3.05, 3.63) is 17.0 Å². The molecule has 1 aromatic rings. The van der Waals surface area contributed by atoms with Crippen LogP contribution in [0.3, 0.4) is 0 Å². The molecule has 1 unspecified atom stereocenters. The number of likely N-dealkylation sites (tertiary alicyclic amines) is 1. The standard InChI is InChI=1S/C15H21N3O4/c1-4-11-12(9(2)17-22-11)14(20)18-7-5-15(6-8-18)16-13(19)10(3)21-15/h10H,4-8H2,1-3H3,(H,16,19). The maximum absolute atomic E-state index is 12.7. The molecule has 2 aliphatic rings. The Kier molecular flexibility index (Phi) is 3.68. The molecular weight excluding hydrogens is 286 g/mol. The Balaban J connectivity index is 1.70. The summed E-state index contributed by atoms with van der Waals surface area (Å²) in [5.41, 5.74) is 0.592. The molecule has 22 heavy (non-hydrogen) atoms. The number of aryl methyl sites for hydroxylation is 2. The van der Waals surface area contributed by atoms with Crippen LogP contribution in [0.2, 0.25) is 0 Å². The number of rotatable bonds is 2. The molecule has 2 amide bonds. The maximum atomic E-state index is 12.7. The molecule has 1 atom stereocenters. The van der Waals surface area contributed by atoms with Crippen molar-refractivity contribution in [2.45, 2.75) is 51.9 Å². The fourth-order valence-corrected chi connectivity index (χ4v) is 3.15. The lowest BCUT2D eigenvalue weighted by Crippen LogP contribution is -2.53. The van der Waals surface area contributed by atoms with E-state index in [1.165, 1.54) is 0 Å². The van der Waals surface area contributed by atoms with Crippen molar-refractivity contribution >= 4 is 11.8 Å². The lowest BCUT2D eigenvalue weighted by atomic mass is 9.99. The lowest BCUT2D eigenvalue weighted by molar-refractivity contribution is -0.123. The minimum Gasteiger partial charge on any atom is -0.360 e. The Labute approximate surface area is 129 Å². The van der Waals surface area contributed by atoms with Crippen molar-refractivity contribution in [3.63, 3.8) is 0 Å². The fourth-order valence-electron chi connectivity index (χ4n) is 3.15. The zero-order valence-corrected chi connectivity index (χ0v) is 13.1. The van der Waals surface area contributed by atoms with Crippen molar-refractivity contribution in [1.82, 2.24) is 15.4 Å². The number of aromatic nitrogens is 1. The lowest BCUT2D eigenvalue weighted by Gasteiger charge is -2.38. The highest BCUT2D eigenvalue weighted by molar-refractivity contribution is 5.96. The van der Waals surface area contributed by atoms with Gasteiger partial charge in [0.25, 0.3) is 11.8 Å². The molecule has 7 nitrogen and oxygen atoms in total. The van der Waals surface area contributed by atoms with Crippen molar-refractivity contribution in [2.75, 3.05) is 13.1 Å². The summed E-state index contributed by atoms with van der Waals surface area (Å²) in [5, 5.41) is 6.81. The van der Waals surface area contributed by atoms with E-state index in [9.17, 15) is 9.59 Å². The van der Waals surface area contributed by atoms with Gasteiger partial charge < -0.3 is 19.5 Å². The third kappa shape index (κ3) is 2.39. The predicted molar refractivity (Wildman–Crippen MR) is 77.2 cm³/mol. The third-order valence-corrected chi connectivity index (χ3v) is 4.45. The SMILES string of the molecule is CCc1onc(C)c1C(=O)N1CCC2(CC1)NC(=O)C(C)O2. The molecule has 0 aromatic carbocycles. The number of piperidine rings is 1. The number of carbonyl (C=O) groups is 2. The first kappa shape index (κ1) is 15.0. The molecule has 2 saturated heterocycles. The van der Waals surface area contributed by atoms with Crippen LogP contribution in [0.5, 0.6) is 0 Å². The Morgan fingerprint density at radius 2 is 2.14 bits per heavy atom. The first-order chi connectivity index (χ1) is 10.5. The summed E-state index contributed by atoms with van der Waals surface area (Å²) in [7, 11) is 0. The van der Waals surface area contributed by atoms with Gasteiger partial charge in [0, 0.05) is 32.4 Å². The first-order valence-electron chi connectivity index (χ1n) is 7.70. The molecular formula is C15H21N3O4. The average molecular weight is 307 g/mol. The molecule has 2 fully saturated rings. The number of hydrogen-bond acceptors (Lipinski definition) is 5. The van der Waals surface area contributed by atoms with E-state index in [-0.39, 0.29) is 11.8 Å². The summed E-state index contributed by atoms with van der Waals surface area (Å²) in [5.74, 6) is 0.493. The van der Waals surface area contributed by atoms with E-state index in [0.29, 0.717) is 49.4 Å². The predicted octanol–water partition coefficient (Wildman–Crippen LogP) is 1.01. The zero-order valence-electron chi connectivity index (χ0n) is 13.1. The van der Waals surface area contributed by atoms with Crippen LogP contribution >= 0.6 is 0 Å². The van der Waals surface area contributed by atoms with E-state index >= 15 is 0 Å². The van der Waals surface area contributed by atoms with E-state index in [0.717, 1.165) is 0 Å². The largest absolute Gasteiger partial charge is 0.360 e. The van der Waals surface area contributed by atoms with Crippen LogP contribution in [-0.4, -0.2) is 46.8 Å². The normalized spacial score (nSPS) is 23.9. The summed E-state index contributed by atoms with van der Waals surface area (Å²) >= 11 is 0. The summed E-state index contributed by atoms with van der Waals surface area (Å²) in [6.07, 6.45) is 1.41. The summed E-state index contributed by atoms with van der Waals surface area (Å²) < 4.78 is 11.0. The second-order valence-electron chi connectivity index (χ2n) is 5.96. The molecule has 0 aliphatic carbocycles. The Hall–Kier alpha value is -1.89. The van der Waals surface area contributed by atoms with Gasteiger partial charge in [-0.05, 0) is 13.8 Å². The van der Waals surface area contributed by atoms with Crippen molar-refractivity contribution in [2.24, 2.45) is 0 Å². The van der Waals surface area contributed by atoms with Gasteiger partial charge in [-0.2, -0.15) is 0 Å². The highest BCUT2D eigenvalue weighted by Gasteiger charge is 2.46. The van der Waals surface area contributed by atoms with E-state index < -0.39 is 11.8 Å². The average Bonchev–Trinajstić information content (AvgIpc) is 3.00. The monoisotopic (exact) mass is 307 g/mol. The summed E-state index contributed by atoms with van der Waals surface area (Å²) in [6.45, 7) is 6.55. The van der Waals surface area contributed by atoms with Gasteiger partial charge in [-0.15, -0.1) is 0 Å². The molecule has 0 saturated carbocycles. The number of hydrogen-bond donors (Lipinski definition) is 1. The Morgan fingerprint density at radius 3 is 2.68 bits per heavy atom. The second kappa shape index (κ2) is 5.39. The van der Waals surface area contributed by atoms with Gasteiger partial charge >= 0.3 is 0 Å². The summed E-state index contributed by atoms with van der Waals surface area (Å²) in [4.78, 5) is 26.1. The van der Waals surface area contributed by atoms with Gasteiger partial charge in [0.05, 0.1) is 5.69 Å². The van der Waals surface area contributed by atoms with E-state index in [2.05, 4.69) is 10.5 Å². The number of nitrogens with one attached hydrogen (secondary N) is 1. The van der Waals surface area contributed by atoms with E-state index in [1.807, 2.05) is 6.92 Å². The summed E-state index contributed by atoms with van der Waals surface area (Å²) in [6, 6.07) is 0. The molecule has 0 bridgehead atoms. The topological polar surface area (TPSA) is 84.7 Å². The smallest absolute Gasteiger partial charge is 0.259 e. The minimum absolute atomic E-state index is 0.0529. The highest BCUT2D eigenvalue weighted by atomic mass is 16.5. The van der Waals surface area contributed by atoms with Gasteiger partial charge in [-0.25, -0.2) is 0 Å². The Morgan fingerprint density at radius 1 is 1.45 bits per heavy atom. The van der Waals surface area contributed by atoms with Gasteiger partial charge in [0.15, 0.2) is 0 Å². The molecule has 1 N–H and O–H groups in total. The minimum atomic E-state index is -0.607. The highest BCUT2D eigenvalue weighted by Crippen LogP contribution is 2.30. The molecule has 0 radical (unpaired) electrons. The molecule has 1 spiro atoms. The number of ether oxygens (including phenoxy) is 1. The molecule has 7 heteroatoms. The van der Waals surface area contributed by atoms with Crippen molar-refractivity contribution < 1.29 is 18.8 Å². The third-order valence-electron chi connectivity index (χ3n) is 4.45. The first-order valence-corrected chi connectivity index (χ1v) is 7.70. The van der Waals surface area contributed by atoms with E-state index in [1.54, 1.807) is 18.7 Å². The molecule has 3 rings (SSSR count). The van der Waals surface area contributed by atoms with Crippen LogP contribution in [-0.2, 0) is 16.0 Å². The quantitative estimate of drug-likeness (QED) is 0.881. The molecule has 2 aliphatic heterocycles. The molecule has 3 heterocycles. The van der Waals surface area contributed by atoms with Crippen LogP contribution < -0.4 is 5.32 Å². The van der Waals surface area contributed by atoms with Crippen LogP contribution in [0, 0.1) is 6.92 Å². The van der Waals surface area contributed by atoms with E-state index in [4.69, 9.17) is 9.26 Å². The van der Waals surface area contributed by atoms with Crippen molar-refractivity contribution in [1.29, 1.82) is 0 Å². The molecule has 1 aromatic heterocycles. The van der Waals surface area contributed by atoms with Crippen LogP contribution in [0.15, 0.2) is 4.52 Å². The van der Waals surface area contributed by atoms with Crippen molar-refractivity contribution in [3.8, 4) is 0 Å². The fraction of sp³-hybridized carbons (Fsp3) is 0.667. The Bertz CT molecular complexity index is 602. The molecule has 120 valence electrons. The number of amides is 2.